The Bertz CT molecular complexity index is 464. The topological polar surface area (TPSA) is 49.3 Å². The average Bonchev–Trinajstić information content (AvgIpc) is 2.60. The number of carboxylic acids is 1. The van der Waals surface area contributed by atoms with E-state index in [1.807, 2.05) is 0 Å². The van der Waals surface area contributed by atoms with Gasteiger partial charge in [0.05, 0.1) is 5.92 Å². The molecule has 3 nitrogen and oxygen atoms in total. The molecule has 0 aliphatic carbocycles. The first-order valence-corrected chi connectivity index (χ1v) is 5.34. The summed E-state index contributed by atoms with van der Waals surface area (Å²) in [5, 5.41) is 12.1. The highest BCUT2D eigenvalue weighted by Crippen LogP contribution is 2.36. The van der Waals surface area contributed by atoms with Gasteiger partial charge >= 0.3 is 5.97 Å². The fourth-order valence-electron chi connectivity index (χ4n) is 2.42. The molecule has 0 spiro atoms. The summed E-state index contributed by atoms with van der Waals surface area (Å²) in [5.74, 6) is -3.03. The zero-order valence-electron chi connectivity index (χ0n) is 9.34. The summed E-state index contributed by atoms with van der Waals surface area (Å²) in [4.78, 5) is 11.1. The fraction of sp³-hybridized carbons (Fsp3) is 0.417. The van der Waals surface area contributed by atoms with E-state index in [1.54, 1.807) is 6.92 Å². The quantitative estimate of drug-likeness (QED) is 0.825. The van der Waals surface area contributed by atoms with E-state index < -0.39 is 28.9 Å². The Morgan fingerprint density at radius 1 is 1.53 bits per heavy atom. The molecule has 1 fully saturated rings. The van der Waals surface area contributed by atoms with Crippen molar-refractivity contribution in [2.75, 3.05) is 13.1 Å². The van der Waals surface area contributed by atoms with Crippen molar-refractivity contribution in [1.29, 1.82) is 0 Å². The Kier molecular flexibility index (Phi) is 2.87. The number of aliphatic carboxylic acids is 1. The molecule has 0 amide bonds. The van der Waals surface area contributed by atoms with Crippen LogP contribution in [0.5, 0.6) is 0 Å². The molecule has 0 radical (unpaired) electrons. The molecule has 0 bridgehead atoms. The van der Waals surface area contributed by atoms with E-state index in [9.17, 15) is 13.6 Å². The summed E-state index contributed by atoms with van der Waals surface area (Å²) < 4.78 is 26.6. The molecular weight excluding hydrogens is 228 g/mol. The molecule has 1 aliphatic rings. The van der Waals surface area contributed by atoms with E-state index in [0.717, 1.165) is 12.1 Å². The highest BCUT2D eigenvalue weighted by atomic mass is 19.1. The van der Waals surface area contributed by atoms with Crippen molar-refractivity contribution in [1.82, 2.24) is 5.32 Å². The molecule has 5 heteroatoms. The maximum absolute atomic E-state index is 13.7. The Morgan fingerprint density at radius 3 is 2.82 bits per heavy atom. The molecular formula is C12H13F2NO2. The van der Waals surface area contributed by atoms with Crippen molar-refractivity contribution in [3.8, 4) is 0 Å². The Balaban J connectivity index is 2.47. The molecule has 2 atom stereocenters. The number of benzene rings is 1. The maximum atomic E-state index is 13.7. The Labute approximate surface area is 97.5 Å². The molecule has 2 rings (SSSR count). The van der Waals surface area contributed by atoms with Crippen molar-refractivity contribution >= 4 is 5.97 Å². The van der Waals surface area contributed by atoms with Gasteiger partial charge in [-0.2, -0.15) is 0 Å². The first-order valence-electron chi connectivity index (χ1n) is 5.34. The number of hydrogen-bond donors (Lipinski definition) is 2. The van der Waals surface area contributed by atoms with Gasteiger partial charge in [-0.25, -0.2) is 8.78 Å². The highest BCUT2D eigenvalue weighted by molar-refractivity contribution is 5.73. The molecule has 17 heavy (non-hydrogen) atoms. The monoisotopic (exact) mass is 241 g/mol. The smallest absolute Gasteiger partial charge is 0.308 e. The number of halogens is 2. The highest BCUT2D eigenvalue weighted by Gasteiger charge is 2.45. The molecule has 92 valence electrons. The summed E-state index contributed by atoms with van der Waals surface area (Å²) in [6, 6.07) is 3.27. The second-order valence-electron chi connectivity index (χ2n) is 4.56. The van der Waals surface area contributed by atoms with Crippen molar-refractivity contribution in [2.45, 2.75) is 12.3 Å². The SMILES string of the molecule is CC1(c2ccc(F)cc2F)CNCC1C(=O)O. The van der Waals surface area contributed by atoms with Crippen molar-refractivity contribution in [3.05, 3.63) is 35.4 Å². The third-order valence-electron chi connectivity index (χ3n) is 3.45. The van der Waals surface area contributed by atoms with Crippen molar-refractivity contribution in [3.63, 3.8) is 0 Å². The van der Waals surface area contributed by atoms with Gasteiger partial charge in [-0.15, -0.1) is 0 Å². The van der Waals surface area contributed by atoms with Gasteiger partial charge in [0.25, 0.3) is 0 Å². The van der Waals surface area contributed by atoms with Gasteiger partial charge in [0.1, 0.15) is 11.6 Å². The molecule has 1 aromatic carbocycles. The number of carboxylic acid groups (broad SMARTS) is 1. The van der Waals surface area contributed by atoms with E-state index >= 15 is 0 Å². The molecule has 1 aliphatic heterocycles. The van der Waals surface area contributed by atoms with Crippen LogP contribution in [0.4, 0.5) is 8.78 Å². The van der Waals surface area contributed by atoms with E-state index in [2.05, 4.69) is 5.32 Å². The lowest BCUT2D eigenvalue weighted by Crippen LogP contribution is -2.37. The average molecular weight is 241 g/mol. The second kappa shape index (κ2) is 4.07. The van der Waals surface area contributed by atoms with Gasteiger partial charge in [-0.05, 0) is 11.6 Å². The first kappa shape index (κ1) is 12.0. The molecule has 2 N–H and O–H groups in total. The standard InChI is InChI=1S/C12H13F2NO2/c1-12(6-15-5-9(12)11(16)17)8-3-2-7(13)4-10(8)14/h2-4,9,15H,5-6H2,1H3,(H,16,17). The lowest BCUT2D eigenvalue weighted by atomic mass is 9.74. The van der Waals surface area contributed by atoms with E-state index in [4.69, 9.17) is 5.11 Å². The van der Waals surface area contributed by atoms with Gasteiger partial charge in [-0.1, -0.05) is 13.0 Å². The van der Waals surface area contributed by atoms with Gasteiger partial charge in [-0.3, -0.25) is 4.79 Å². The molecule has 1 heterocycles. The molecule has 0 saturated carbocycles. The fourth-order valence-corrected chi connectivity index (χ4v) is 2.42. The van der Waals surface area contributed by atoms with Crippen molar-refractivity contribution in [2.24, 2.45) is 5.92 Å². The Morgan fingerprint density at radius 2 is 2.24 bits per heavy atom. The zero-order chi connectivity index (χ0) is 12.6. The molecule has 2 unspecified atom stereocenters. The van der Waals surface area contributed by atoms with Crippen LogP contribution >= 0.6 is 0 Å². The number of nitrogens with one attached hydrogen (secondary N) is 1. The molecule has 1 saturated heterocycles. The molecule has 1 aromatic rings. The summed E-state index contributed by atoms with van der Waals surface area (Å²) in [7, 11) is 0. The van der Waals surface area contributed by atoms with Gasteiger partial charge in [0.2, 0.25) is 0 Å². The molecule has 0 aromatic heterocycles. The van der Waals surface area contributed by atoms with Crippen LogP contribution in [0.1, 0.15) is 12.5 Å². The van der Waals surface area contributed by atoms with E-state index in [1.165, 1.54) is 6.07 Å². The summed E-state index contributed by atoms with van der Waals surface area (Å²) >= 11 is 0. The Hall–Kier alpha value is -1.49. The lowest BCUT2D eigenvalue weighted by molar-refractivity contribution is -0.142. The largest absolute Gasteiger partial charge is 0.481 e. The predicted molar refractivity (Wildman–Crippen MR) is 57.7 cm³/mol. The second-order valence-corrected chi connectivity index (χ2v) is 4.56. The van der Waals surface area contributed by atoms with Crippen LogP contribution in [0.3, 0.4) is 0 Å². The summed E-state index contributed by atoms with van der Waals surface area (Å²) in [6.45, 7) is 2.34. The van der Waals surface area contributed by atoms with Crippen LogP contribution in [0.2, 0.25) is 0 Å². The van der Waals surface area contributed by atoms with E-state index in [0.29, 0.717) is 13.1 Å². The normalized spacial score (nSPS) is 28.3. The third kappa shape index (κ3) is 1.91. The van der Waals surface area contributed by atoms with Crippen LogP contribution in [-0.4, -0.2) is 24.2 Å². The zero-order valence-corrected chi connectivity index (χ0v) is 9.34. The number of carbonyl (C=O) groups is 1. The van der Waals surface area contributed by atoms with Crippen LogP contribution in [0.25, 0.3) is 0 Å². The minimum atomic E-state index is -0.971. The minimum Gasteiger partial charge on any atom is -0.481 e. The van der Waals surface area contributed by atoms with Crippen LogP contribution in [0.15, 0.2) is 18.2 Å². The van der Waals surface area contributed by atoms with Crippen molar-refractivity contribution < 1.29 is 18.7 Å². The third-order valence-corrected chi connectivity index (χ3v) is 3.45. The van der Waals surface area contributed by atoms with Gasteiger partial charge < -0.3 is 10.4 Å². The van der Waals surface area contributed by atoms with Gasteiger partial charge in [0.15, 0.2) is 0 Å². The predicted octanol–water partition coefficient (Wildman–Crippen LogP) is 1.53. The number of rotatable bonds is 2. The first-order chi connectivity index (χ1) is 7.95. The van der Waals surface area contributed by atoms with Gasteiger partial charge in [0, 0.05) is 24.6 Å². The van der Waals surface area contributed by atoms with Crippen LogP contribution in [-0.2, 0) is 10.2 Å². The van der Waals surface area contributed by atoms with Crippen LogP contribution in [0, 0.1) is 17.6 Å². The number of hydrogen-bond acceptors (Lipinski definition) is 2. The minimum absolute atomic E-state index is 0.247. The van der Waals surface area contributed by atoms with Crippen LogP contribution < -0.4 is 5.32 Å². The lowest BCUT2D eigenvalue weighted by Gasteiger charge is -2.28. The van der Waals surface area contributed by atoms with E-state index in [-0.39, 0.29) is 5.56 Å². The summed E-state index contributed by atoms with van der Waals surface area (Å²) in [5.41, 5.74) is -0.597. The maximum Gasteiger partial charge on any atom is 0.308 e. The summed E-state index contributed by atoms with van der Waals surface area (Å²) in [6.07, 6.45) is 0.